The summed E-state index contributed by atoms with van der Waals surface area (Å²) in [6.45, 7) is 5.55. The van der Waals surface area contributed by atoms with Gasteiger partial charge in [-0.25, -0.2) is 9.67 Å². The molecule has 23 heavy (non-hydrogen) atoms. The number of amides is 1. The summed E-state index contributed by atoms with van der Waals surface area (Å²) in [7, 11) is 0. The number of hydrogen-bond donors (Lipinski definition) is 0. The molecular formula is C16H20ClN5O. The first kappa shape index (κ1) is 16.0. The van der Waals surface area contributed by atoms with Crippen LogP contribution in [-0.2, 0) is 11.3 Å². The van der Waals surface area contributed by atoms with Gasteiger partial charge < -0.3 is 4.90 Å². The highest BCUT2D eigenvalue weighted by atomic mass is 35.5. The molecule has 0 radical (unpaired) electrons. The number of benzene rings is 1. The van der Waals surface area contributed by atoms with E-state index in [9.17, 15) is 4.79 Å². The molecule has 2 aromatic rings. The van der Waals surface area contributed by atoms with Crippen LogP contribution < -0.4 is 0 Å². The number of nitrogens with zero attached hydrogens (tertiary/aromatic N) is 5. The fourth-order valence-corrected chi connectivity index (χ4v) is 3.22. The summed E-state index contributed by atoms with van der Waals surface area (Å²) in [6.07, 6.45) is 3.00. The van der Waals surface area contributed by atoms with E-state index < -0.39 is 0 Å². The van der Waals surface area contributed by atoms with Crippen molar-refractivity contribution in [2.24, 2.45) is 0 Å². The van der Waals surface area contributed by atoms with Gasteiger partial charge in [-0.1, -0.05) is 29.8 Å². The maximum absolute atomic E-state index is 12.3. The molecular weight excluding hydrogens is 314 g/mol. The monoisotopic (exact) mass is 333 g/mol. The molecule has 0 bridgehead atoms. The van der Waals surface area contributed by atoms with Gasteiger partial charge in [-0.3, -0.25) is 9.69 Å². The highest BCUT2D eigenvalue weighted by Gasteiger charge is 2.25. The molecule has 1 aromatic heterocycles. The zero-order valence-corrected chi connectivity index (χ0v) is 13.9. The third kappa shape index (κ3) is 3.71. The van der Waals surface area contributed by atoms with Gasteiger partial charge in [0.25, 0.3) is 0 Å². The van der Waals surface area contributed by atoms with E-state index in [2.05, 4.69) is 28.0 Å². The Labute approximate surface area is 140 Å². The summed E-state index contributed by atoms with van der Waals surface area (Å²) in [4.78, 5) is 20.4. The van der Waals surface area contributed by atoms with Gasteiger partial charge >= 0.3 is 0 Å². The Bertz CT molecular complexity index is 652. The molecule has 1 aliphatic rings. The Kier molecular flexibility index (Phi) is 4.93. The number of carbonyl (C=O) groups excluding carboxylic acids is 1. The molecule has 3 rings (SSSR count). The predicted octanol–water partition coefficient (Wildman–Crippen LogP) is 1.84. The molecule has 1 saturated heterocycles. The van der Waals surface area contributed by atoms with Gasteiger partial charge in [-0.2, -0.15) is 5.10 Å². The van der Waals surface area contributed by atoms with Crippen molar-refractivity contribution in [3.63, 3.8) is 0 Å². The average Bonchev–Trinajstić information content (AvgIpc) is 3.08. The number of hydrogen-bond acceptors (Lipinski definition) is 4. The van der Waals surface area contributed by atoms with Gasteiger partial charge in [0.2, 0.25) is 5.91 Å². The van der Waals surface area contributed by atoms with Gasteiger partial charge in [0.1, 0.15) is 19.2 Å². The Balaban J connectivity index is 1.56. The van der Waals surface area contributed by atoms with Crippen LogP contribution in [0.15, 0.2) is 36.9 Å². The lowest BCUT2D eigenvalue weighted by Crippen LogP contribution is -2.50. The second-order valence-corrected chi connectivity index (χ2v) is 6.11. The fraction of sp³-hybridized carbons (Fsp3) is 0.438. The molecule has 1 fully saturated rings. The Morgan fingerprint density at radius 1 is 1.26 bits per heavy atom. The van der Waals surface area contributed by atoms with Crippen LogP contribution in [0, 0.1) is 0 Å². The zero-order chi connectivity index (χ0) is 16.2. The maximum atomic E-state index is 12.3. The summed E-state index contributed by atoms with van der Waals surface area (Å²) in [5.41, 5.74) is 1.14. The molecule has 1 aliphatic heterocycles. The third-order valence-electron chi connectivity index (χ3n) is 4.33. The van der Waals surface area contributed by atoms with Crippen molar-refractivity contribution in [1.82, 2.24) is 24.6 Å². The van der Waals surface area contributed by atoms with Crippen molar-refractivity contribution in [2.45, 2.75) is 19.5 Å². The number of halogens is 1. The number of piperazine rings is 1. The molecule has 1 unspecified atom stereocenters. The van der Waals surface area contributed by atoms with Crippen molar-refractivity contribution < 1.29 is 4.79 Å². The first-order chi connectivity index (χ1) is 11.1. The smallest absolute Gasteiger partial charge is 0.244 e. The Morgan fingerprint density at radius 2 is 2.00 bits per heavy atom. The predicted molar refractivity (Wildman–Crippen MR) is 88.0 cm³/mol. The largest absolute Gasteiger partial charge is 0.339 e. The average molecular weight is 334 g/mol. The molecule has 1 amide bonds. The molecule has 0 spiro atoms. The minimum Gasteiger partial charge on any atom is -0.339 e. The first-order valence-electron chi connectivity index (χ1n) is 7.74. The van der Waals surface area contributed by atoms with Crippen molar-refractivity contribution in [3.8, 4) is 0 Å². The van der Waals surface area contributed by atoms with E-state index in [-0.39, 0.29) is 18.5 Å². The highest BCUT2D eigenvalue weighted by molar-refractivity contribution is 6.31. The SMILES string of the molecule is CC(c1ccccc1Cl)N1CCN(C(=O)Cn2cncn2)CC1. The lowest BCUT2D eigenvalue weighted by molar-refractivity contribution is -0.134. The van der Waals surface area contributed by atoms with Crippen LogP contribution in [0.3, 0.4) is 0 Å². The van der Waals surface area contributed by atoms with Crippen LogP contribution in [-0.4, -0.2) is 56.7 Å². The van der Waals surface area contributed by atoms with Crippen molar-refractivity contribution in [2.75, 3.05) is 26.2 Å². The lowest BCUT2D eigenvalue weighted by Gasteiger charge is -2.38. The van der Waals surface area contributed by atoms with Gasteiger partial charge in [-0.15, -0.1) is 0 Å². The quantitative estimate of drug-likeness (QED) is 0.856. The van der Waals surface area contributed by atoms with E-state index in [0.29, 0.717) is 0 Å². The van der Waals surface area contributed by atoms with Gasteiger partial charge in [-0.05, 0) is 18.6 Å². The maximum Gasteiger partial charge on any atom is 0.244 e. The number of carbonyl (C=O) groups is 1. The minimum atomic E-state index is 0.0838. The van der Waals surface area contributed by atoms with Crippen molar-refractivity contribution >= 4 is 17.5 Å². The van der Waals surface area contributed by atoms with Crippen LogP contribution in [0.5, 0.6) is 0 Å². The Morgan fingerprint density at radius 3 is 2.65 bits per heavy atom. The van der Waals surface area contributed by atoms with Crippen LogP contribution in [0.25, 0.3) is 0 Å². The van der Waals surface area contributed by atoms with Gasteiger partial charge in [0, 0.05) is 37.2 Å². The van der Waals surface area contributed by atoms with E-state index in [1.54, 1.807) is 11.0 Å². The molecule has 1 aromatic carbocycles. The van der Waals surface area contributed by atoms with Gasteiger partial charge in [0.05, 0.1) is 0 Å². The van der Waals surface area contributed by atoms with E-state index in [0.717, 1.165) is 36.8 Å². The summed E-state index contributed by atoms with van der Waals surface area (Å²) in [6, 6.07) is 8.19. The highest BCUT2D eigenvalue weighted by Crippen LogP contribution is 2.27. The van der Waals surface area contributed by atoms with Crippen LogP contribution in [0.2, 0.25) is 5.02 Å². The topological polar surface area (TPSA) is 54.3 Å². The van der Waals surface area contributed by atoms with Crippen molar-refractivity contribution in [1.29, 1.82) is 0 Å². The molecule has 6 nitrogen and oxygen atoms in total. The minimum absolute atomic E-state index is 0.0838. The van der Waals surface area contributed by atoms with E-state index in [1.165, 1.54) is 6.33 Å². The van der Waals surface area contributed by atoms with Crippen LogP contribution in [0.4, 0.5) is 0 Å². The number of rotatable bonds is 4. The molecule has 1 atom stereocenters. The standard InChI is InChI=1S/C16H20ClN5O/c1-13(14-4-2-3-5-15(14)17)20-6-8-21(9-7-20)16(23)10-22-12-18-11-19-22/h2-5,11-13H,6-10H2,1H3. The Hall–Kier alpha value is -1.92. The second kappa shape index (κ2) is 7.10. The second-order valence-electron chi connectivity index (χ2n) is 5.71. The van der Waals surface area contributed by atoms with Crippen molar-refractivity contribution in [3.05, 3.63) is 47.5 Å². The number of aromatic nitrogens is 3. The van der Waals surface area contributed by atoms with Crippen LogP contribution >= 0.6 is 11.6 Å². The summed E-state index contributed by atoms with van der Waals surface area (Å²) < 4.78 is 1.56. The molecule has 0 aliphatic carbocycles. The van der Waals surface area contributed by atoms with Gasteiger partial charge in [0.15, 0.2) is 0 Å². The summed E-state index contributed by atoms with van der Waals surface area (Å²) >= 11 is 6.29. The fourth-order valence-electron chi connectivity index (χ4n) is 2.92. The lowest BCUT2D eigenvalue weighted by atomic mass is 10.1. The van der Waals surface area contributed by atoms with E-state index in [4.69, 9.17) is 11.6 Å². The normalized spacial score (nSPS) is 17.2. The zero-order valence-electron chi connectivity index (χ0n) is 13.1. The first-order valence-corrected chi connectivity index (χ1v) is 8.11. The third-order valence-corrected chi connectivity index (χ3v) is 4.68. The van der Waals surface area contributed by atoms with Crippen LogP contribution in [0.1, 0.15) is 18.5 Å². The molecule has 122 valence electrons. The molecule has 0 N–H and O–H groups in total. The molecule has 0 saturated carbocycles. The van der Waals surface area contributed by atoms with E-state index in [1.807, 2.05) is 23.1 Å². The van der Waals surface area contributed by atoms with E-state index >= 15 is 0 Å². The summed E-state index contributed by atoms with van der Waals surface area (Å²) in [5.74, 6) is 0.0838. The molecule has 2 heterocycles. The molecule has 7 heteroatoms. The summed E-state index contributed by atoms with van der Waals surface area (Å²) in [5, 5.41) is 4.77.